The van der Waals surface area contributed by atoms with Gasteiger partial charge in [0.25, 0.3) is 0 Å². The number of rotatable bonds is 5. The number of benzene rings is 1. The lowest BCUT2D eigenvalue weighted by Crippen LogP contribution is -2.13. The molecule has 1 aromatic carbocycles. The molecule has 0 aliphatic rings. The van der Waals surface area contributed by atoms with Crippen LogP contribution in [0.4, 0.5) is 0 Å². The number of nitrogens with zero attached hydrogens (tertiary/aromatic N) is 3. The molecule has 0 aliphatic heterocycles. The number of hydrogen-bond donors (Lipinski definition) is 1. The highest BCUT2D eigenvalue weighted by molar-refractivity contribution is 9.10. The Bertz CT molecular complexity index is 527. The van der Waals surface area contributed by atoms with Gasteiger partial charge in [-0.25, -0.2) is 4.68 Å². The van der Waals surface area contributed by atoms with Gasteiger partial charge in [0.2, 0.25) is 5.16 Å². The largest absolute Gasteiger partial charge is 0.336 e. The van der Waals surface area contributed by atoms with E-state index in [2.05, 4.69) is 39.1 Å². The molecule has 0 amide bonds. The van der Waals surface area contributed by atoms with E-state index in [0.717, 1.165) is 34.0 Å². The molecular formula is C12H15BrN4S. The molecule has 0 fully saturated rings. The van der Waals surface area contributed by atoms with Crippen LogP contribution in [0.25, 0.3) is 0 Å². The van der Waals surface area contributed by atoms with Crippen molar-refractivity contribution in [2.45, 2.75) is 30.7 Å². The van der Waals surface area contributed by atoms with Crippen LogP contribution in [0.1, 0.15) is 24.7 Å². The van der Waals surface area contributed by atoms with Gasteiger partial charge < -0.3 is 5.84 Å². The van der Waals surface area contributed by atoms with Crippen LogP contribution in [-0.4, -0.2) is 14.9 Å². The third-order valence-electron chi connectivity index (χ3n) is 2.52. The van der Waals surface area contributed by atoms with Gasteiger partial charge in [-0.1, -0.05) is 52.8 Å². The molecule has 2 N–H and O–H groups in total. The third kappa shape index (κ3) is 3.05. The Balaban J connectivity index is 2.05. The van der Waals surface area contributed by atoms with Crippen LogP contribution in [0, 0.1) is 0 Å². The zero-order valence-corrected chi connectivity index (χ0v) is 12.5. The maximum Gasteiger partial charge on any atom is 0.210 e. The van der Waals surface area contributed by atoms with E-state index in [1.165, 1.54) is 5.56 Å². The second-order valence-corrected chi connectivity index (χ2v) is 5.70. The number of aromatic nitrogens is 3. The van der Waals surface area contributed by atoms with Crippen LogP contribution in [0.15, 0.2) is 33.9 Å². The Hall–Kier alpha value is -1.01. The topological polar surface area (TPSA) is 56.7 Å². The molecule has 2 aromatic rings. The fourth-order valence-electron chi connectivity index (χ4n) is 1.56. The molecule has 1 heterocycles. The molecule has 6 heteroatoms. The summed E-state index contributed by atoms with van der Waals surface area (Å²) in [4.78, 5) is 0. The molecule has 96 valence electrons. The van der Waals surface area contributed by atoms with Crippen LogP contribution in [0.5, 0.6) is 0 Å². The van der Waals surface area contributed by atoms with E-state index in [0.29, 0.717) is 0 Å². The molecule has 0 unspecified atom stereocenters. The fourth-order valence-corrected chi connectivity index (χ4v) is 3.05. The first-order valence-electron chi connectivity index (χ1n) is 5.78. The Morgan fingerprint density at radius 3 is 2.83 bits per heavy atom. The van der Waals surface area contributed by atoms with E-state index < -0.39 is 0 Å². The van der Waals surface area contributed by atoms with Crippen LogP contribution in [-0.2, 0) is 12.2 Å². The molecule has 0 bridgehead atoms. The average Bonchev–Trinajstić information content (AvgIpc) is 2.71. The van der Waals surface area contributed by atoms with Gasteiger partial charge in [-0.3, -0.25) is 0 Å². The Morgan fingerprint density at radius 1 is 1.33 bits per heavy atom. The van der Waals surface area contributed by atoms with Gasteiger partial charge in [-0.2, -0.15) is 0 Å². The molecule has 1 aromatic heterocycles. The van der Waals surface area contributed by atoms with E-state index in [9.17, 15) is 0 Å². The van der Waals surface area contributed by atoms with Crippen molar-refractivity contribution in [2.75, 3.05) is 5.84 Å². The summed E-state index contributed by atoms with van der Waals surface area (Å²) < 4.78 is 2.69. The van der Waals surface area contributed by atoms with Gasteiger partial charge in [-0.05, 0) is 18.1 Å². The molecule has 4 nitrogen and oxygen atoms in total. The van der Waals surface area contributed by atoms with Crippen molar-refractivity contribution in [1.82, 2.24) is 14.9 Å². The van der Waals surface area contributed by atoms with Crippen LogP contribution in [0.3, 0.4) is 0 Å². The normalized spacial score (nSPS) is 10.8. The van der Waals surface area contributed by atoms with Gasteiger partial charge >= 0.3 is 0 Å². The van der Waals surface area contributed by atoms with E-state index in [4.69, 9.17) is 5.84 Å². The number of hydrogen-bond acceptors (Lipinski definition) is 4. The first kappa shape index (κ1) is 13.4. The highest BCUT2D eigenvalue weighted by Gasteiger charge is 2.10. The van der Waals surface area contributed by atoms with Crippen molar-refractivity contribution in [3.05, 3.63) is 40.1 Å². The summed E-state index contributed by atoms with van der Waals surface area (Å²) >= 11 is 5.13. The van der Waals surface area contributed by atoms with Gasteiger partial charge in [0.05, 0.1) is 0 Å². The van der Waals surface area contributed by atoms with Crippen molar-refractivity contribution in [3.63, 3.8) is 0 Å². The molecule has 0 saturated heterocycles. The highest BCUT2D eigenvalue weighted by atomic mass is 79.9. The number of nitrogen functional groups attached to an aromatic ring is 1. The molecule has 0 spiro atoms. The molecule has 0 aliphatic carbocycles. The third-order valence-corrected chi connectivity index (χ3v) is 4.29. The number of nitrogens with two attached hydrogens (primary N) is 1. The standard InChI is InChI=1S/C12H15BrN4S/c1-2-5-11-15-16-12(17(11)14)18-8-9-6-3-4-7-10(9)13/h3-4,6-7H,2,5,8,14H2,1H3. The smallest absolute Gasteiger partial charge is 0.210 e. The summed E-state index contributed by atoms with van der Waals surface area (Å²) in [6, 6.07) is 8.15. The van der Waals surface area contributed by atoms with Gasteiger partial charge in [0, 0.05) is 16.6 Å². The molecule has 18 heavy (non-hydrogen) atoms. The van der Waals surface area contributed by atoms with E-state index in [-0.39, 0.29) is 0 Å². The minimum Gasteiger partial charge on any atom is -0.336 e. The zero-order valence-electron chi connectivity index (χ0n) is 10.1. The lowest BCUT2D eigenvalue weighted by Gasteiger charge is -2.04. The lowest BCUT2D eigenvalue weighted by atomic mass is 10.2. The summed E-state index contributed by atoms with van der Waals surface area (Å²) in [5.41, 5.74) is 1.22. The first-order valence-corrected chi connectivity index (χ1v) is 7.55. The highest BCUT2D eigenvalue weighted by Crippen LogP contribution is 2.25. The number of thioether (sulfide) groups is 1. The van der Waals surface area contributed by atoms with E-state index in [1.54, 1.807) is 16.4 Å². The summed E-state index contributed by atoms with van der Waals surface area (Å²) in [6.07, 6.45) is 1.88. The van der Waals surface area contributed by atoms with Gasteiger partial charge in [-0.15, -0.1) is 10.2 Å². The number of aryl methyl sites for hydroxylation is 1. The maximum atomic E-state index is 5.95. The Kier molecular flexibility index (Phi) is 4.66. The van der Waals surface area contributed by atoms with Crippen molar-refractivity contribution >= 4 is 27.7 Å². The minimum atomic E-state index is 0.759. The molecule has 2 rings (SSSR count). The van der Waals surface area contributed by atoms with Crippen LogP contribution in [0.2, 0.25) is 0 Å². The summed E-state index contributed by atoms with van der Waals surface area (Å²) in [5, 5.41) is 8.97. The molecule has 0 radical (unpaired) electrons. The van der Waals surface area contributed by atoms with Crippen molar-refractivity contribution in [3.8, 4) is 0 Å². The summed E-state index contributed by atoms with van der Waals surface area (Å²) in [6.45, 7) is 2.10. The monoisotopic (exact) mass is 326 g/mol. The van der Waals surface area contributed by atoms with E-state index >= 15 is 0 Å². The fraction of sp³-hybridized carbons (Fsp3) is 0.333. The predicted molar refractivity (Wildman–Crippen MR) is 77.9 cm³/mol. The maximum absolute atomic E-state index is 5.95. The second kappa shape index (κ2) is 6.24. The Labute approximate surface area is 119 Å². The number of halogens is 1. The minimum absolute atomic E-state index is 0.759. The van der Waals surface area contributed by atoms with Crippen molar-refractivity contribution in [2.24, 2.45) is 0 Å². The van der Waals surface area contributed by atoms with Gasteiger partial charge in [0.1, 0.15) is 0 Å². The first-order chi connectivity index (χ1) is 8.72. The van der Waals surface area contributed by atoms with Crippen LogP contribution >= 0.6 is 27.7 Å². The molecule has 0 saturated carbocycles. The van der Waals surface area contributed by atoms with E-state index in [1.807, 2.05) is 18.2 Å². The predicted octanol–water partition coefficient (Wildman–Crippen LogP) is 3.00. The quantitative estimate of drug-likeness (QED) is 0.677. The van der Waals surface area contributed by atoms with Gasteiger partial charge in [0.15, 0.2) is 5.82 Å². The second-order valence-electron chi connectivity index (χ2n) is 3.90. The molecule has 0 atom stereocenters. The SMILES string of the molecule is CCCc1nnc(SCc2ccccc2Br)n1N. The lowest BCUT2D eigenvalue weighted by molar-refractivity contribution is 0.757. The summed E-state index contributed by atoms with van der Waals surface area (Å²) in [7, 11) is 0. The average molecular weight is 327 g/mol. The Morgan fingerprint density at radius 2 is 2.11 bits per heavy atom. The van der Waals surface area contributed by atoms with Crippen LogP contribution < -0.4 is 5.84 Å². The van der Waals surface area contributed by atoms with Crippen molar-refractivity contribution < 1.29 is 0 Å². The molecular weight excluding hydrogens is 312 g/mol. The summed E-state index contributed by atoms with van der Waals surface area (Å²) in [5.74, 6) is 7.61. The van der Waals surface area contributed by atoms with Crippen molar-refractivity contribution in [1.29, 1.82) is 0 Å². The zero-order chi connectivity index (χ0) is 13.0.